The molecule has 1 amide bonds. The fourth-order valence-corrected chi connectivity index (χ4v) is 3.46. The van der Waals surface area contributed by atoms with Crippen molar-refractivity contribution in [2.45, 2.75) is 60.4 Å². The van der Waals surface area contributed by atoms with Gasteiger partial charge in [-0.05, 0) is 82.0 Å². The highest BCUT2D eigenvalue weighted by Crippen LogP contribution is 2.25. The van der Waals surface area contributed by atoms with Crippen molar-refractivity contribution in [2.75, 3.05) is 17.7 Å². The summed E-state index contributed by atoms with van der Waals surface area (Å²) in [6, 6.07) is 8.64. The maximum Gasteiger partial charge on any atom is 0.251 e. The summed E-state index contributed by atoms with van der Waals surface area (Å²) in [5.41, 5.74) is 3.54. The van der Waals surface area contributed by atoms with E-state index in [0.717, 1.165) is 17.7 Å². The van der Waals surface area contributed by atoms with E-state index < -0.39 is 11.6 Å². The molecule has 0 bridgehead atoms. The first-order chi connectivity index (χ1) is 17.7. The van der Waals surface area contributed by atoms with E-state index >= 15 is 0 Å². The highest BCUT2D eigenvalue weighted by Gasteiger charge is 2.15. The number of amidine groups is 1. The monoisotopic (exact) mass is 509 g/mol. The van der Waals surface area contributed by atoms with Crippen molar-refractivity contribution in [2.24, 2.45) is 9.98 Å². The van der Waals surface area contributed by atoms with E-state index in [1.807, 2.05) is 39.8 Å². The Hall–Kier alpha value is -3.81. The van der Waals surface area contributed by atoms with Crippen LogP contribution in [0.15, 0.2) is 58.8 Å². The first-order valence-corrected chi connectivity index (χ1v) is 12.4. The van der Waals surface area contributed by atoms with Gasteiger partial charge in [0.05, 0.1) is 11.4 Å². The van der Waals surface area contributed by atoms with E-state index in [2.05, 4.69) is 25.9 Å². The van der Waals surface area contributed by atoms with Gasteiger partial charge in [-0.25, -0.2) is 13.8 Å². The van der Waals surface area contributed by atoms with E-state index in [4.69, 9.17) is 0 Å². The van der Waals surface area contributed by atoms with Gasteiger partial charge in [0.25, 0.3) is 5.91 Å². The Kier molecular flexibility index (Phi) is 11.2. The minimum atomic E-state index is -0.932. The highest BCUT2D eigenvalue weighted by molar-refractivity contribution is 6.45. The molecule has 0 radical (unpaired) electrons. The first kappa shape index (κ1) is 29.4. The number of allylic oxidation sites excluding steroid dienone is 2. The number of anilines is 2. The molecule has 0 aliphatic carbocycles. The minimum Gasteiger partial charge on any atom is -0.386 e. The molecule has 0 aliphatic heterocycles. The number of rotatable bonds is 10. The van der Waals surface area contributed by atoms with Gasteiger partial charge in [0.2, 0.25) is 0 Å². The summed E-state index contributed by atoms with van der Waals surface area (Å²) in [4.78, 5) is 21.6. The average Bonchev–Trinajstić information content (AvgIpc) is 2.90. The van der Waals surface area contributed by atoms with E-state index in [0.29, 0.717) is 29.1 Å². The standard InChI is InChI=1S/C29H37F2N5O/c1-8-15-33-28(20(6)34-17-18(4)23-13-14-25(32-7)27(31)26(23)30)36-22-11-12-24(21(10-3)16-22)29(37)35-19(5)9-2/h8,11-17,19,32H,9-10H2,1-7H3,(H,33,36)(H,35,37)/b15-8-,18-17+,34-20?. The highest BCUT2D eigenvalue weighted by atomic mass is 19.2. The Morgan fingerprint density at radius 1 is 1.05 bits per heavy atom. The maximum atomic E-state index is 14.5. The third kappa shape index (κ3) is 7.84. The molecule has 2 aromatic rings. The molecule has 0 saturated heterocycles. The van der Waals surface area contributed by atoms with Crippen LogP contribution >= 0.6 is 0 Å². The summed E-state index contributed by atoms with van der Waals surface area (Å²) in [5.74, 6) is -1.47. The predicted molar refractivity (Wildman–Crippen MR) is 152 cm³/mol. The SMILES string of the molecule is C/C=C\N=C(Nc1ccc(C(=O)NC(C)CC)c(CC)c1)C(C)=N/C=C(\C)c1ccc(NC)c(F)c1F. The predicted octanol–water partition coefficient (Wildman–Crippen LogP) is 6.96. The molecule has 8 heteroatoms. The second-order valence-corrected chi connectivity index (χ2v) is 8.66. The third-order valence-electron chi connectivity index (χ3n) is 5.91. The van der Waals surface area contributed by atoms with Gasteiger partial charge in [-0.2, -0.15) is 0 Å². The number of halogens is 2. The number of nitrogens with one attached hydrogen (secondary N) is 3. The van der Waals surface area contributed by atoms with Crippen LogP contribution in [0.1, 0.15) is 69.4 Å². The average molecular weight is 510 g/mol. The summed E-state index contributed by atoms with van der Waals surface area (Å²) >= 11 is 0. The molecule has 198 valence electrons. The molecule has 6 nitrogen and oxygen atoms in total. The minimum absolute atomic E-state index is 0.0912. The van der Waals surface area contributed by atoms with E-state index in [1.54, 1.807) is 32.2 Å². The number of hydrogen-bond acceptors (Lipinski definition) is 4. The van der Waals surface area contributed by atoms with Crippen molar-refractivity contribution in [3.05, 3.63) is 77.1 Å². The van der Waals surface area contributed by atoms with Crippen molar-refractivity contribution in [1.29, 1.82) is 0 Å². The molecule has 1 atom stereocenters. The van der Waals surface area contributed by atoms with Gasteiger partial charge in [-0.15, -0.1) is 0 Å². The number of hydrogen-bond donors (Lipinski definition) is 3. The summed E-state index contributed by atoms with van der Waals surface area (Å²) in [5, 5.41) is 8.90. The van der Waals surface area contributed by atoms with Gasteiger partial charge < -0.3 is 16.0 Å². The Labute approximate surface area is 218 Å². The van der Waals surface area contributed by atoms with Crippen LogP contribution in [0.5, 0.6) is 0 Å². The molecule has 0 aliphatic rings. The van der Waals surface area contributed by atoms with Crippen LogP contribution in [0.2, 0.25) is 0 Å². The Bertz CT molecular complexity index is 1230. The van der Waals surface area contributed by atoms with Crippen LogP contribution in [0.25, 0.3) is 5.57 Å². The molecule has 0 spiro atoms. The summed E-state index contributed by atoms with van der Waals surface area (Å²) in [6.07, 6.45) is 6.45. The van der Waals surface area contributed by atoms with Crippen LogP contribution in [0.3, 0.4) is 0 Å². The lowest BCUT2D eigenvalue weighted by Gasteiger charge is -2.15. The van der Waals surface area contributed by atoms with Crippen LogP contribution in [0, 0.1) is 11.6 Å². The fraction of sp³-hybridized carbons (Fsp3) is 0.345. The van der Waals surface area contributed by atoms with Gasteiger partial charge >= 0.3 is 0 Å². The molecule has 37 heavy (non-hydrogen) atoms. The zero-order chi connectivity index (χ0) is 27.5. The zero-order valence-electron chi connectivity index (χ0n) is 22.7. The third-order valence-corrected chi connectivity index (χ3v) is 5.91. The summed E-state index contributed by atoms with van der Waals surface area (Å²) in [7, 11) is 1.53. The lowest BCUT2D eigenvalue weighted by atomic mass is 10.0. The Morgan fingerprint density at radius 3 is 2.38 bits per heavy atom. The molecular weight excluding hydrogens is 472 g/mol. The first-order valence-electron chi connectivity index (χ1n) is 12.4. The van der Waals surface area contributed by atoms with Gasteiger partial charge in [0.15, 0.2) is 17.5 Å². The normalized spacial score (nSPS) is 13.6. The number of nitrogens with zero attached hydrogens (tertiary/aromatic N) is 2. The van der Waals surface area contributed by atoms with Crippen molar-refractivity contribution in [3.63, 3.8) is 0 Å². The molecule has 2 aromatic carbocycles. The molecule has 0 aromatic heterocycles. The van der Waals surface area contributed by atoms with E-state index in [9.17, 15) is 13.6 Å². The molecule has 0 saturated carbocycles. The maximum absolute atomic E-state index is 14.5. The van der Waals surface area contributed by atoms with Gasteiger partial charge in [-0.1, -0.05) is 19.9 Å². The van der Waals surface area contributed by atoms with Gasteiger partial charge in [-0.3, -0.25) is 9.79 Å². The number of amides is 1. The molecular formula is C29H37F2N5O. The summed E-state index contributed by atoms with van der Waals surface area (Å²) < 4.78 is 28.7. The largest absolute Gasteiger partial charge is 0.386 e. The van der Waals surface area contributed by atoms with E-state index in [1.165, 1.54) is 25.4 Å². The number of aryl methyl sites for hydroxylation is 1. The van der Waals surface area contributed by atoms with Crippen LogP contribution in [-0.4, -0.2) is 30.5 Å². The van der Waals surface area contributed by atoms with Crippen LogP contribution < -0.4 is 16.0 Å². The number of carbonyl (C=O) groups is 1. The lowest BCUT2D eigenvalue weighted by Crippen LogP contribution is -2.32. The molecule has 2 rings (SSSR count). The lowest BCUT2D eigenvalue weighted by molar-refractivity contribution is 0.0938. The van der Waals surface area contributed by atoms with Crippen molar-refractivity contribution in [3.8, 4) is 0 Å². The van der Waals surface area contributed by atoms with Gasteiger partial charge in [0, 0.05) is 42.3 Å². The van der Waals surface area contributed by atoms with Gasteiger partial charge in [0.1, 0.15) is 0 Å². The zero-order valence-corrected chi connectivity index (χ0v) is 22.7. The summed E-state index contributed by atoms with van der Waals surface area (Å²) in [6.45, 7) is 11.3. The fourth-order valence-electron chi connectivity index (χ4n) is 3.46. The quantitative estimate of drug-likeness (QED) is 0.239. The van der Waals surface area contributed by atoms with E-state index in [-0.39, 0.29) is 23.2 Å². The number of aliphatic imine (C=N–C) groups is 2. The van der Waals surface area contributed by atoms with Crippen molar-refractivity contribution < 1.29 is 13.6 Å². The smallest absolute Gasteiger partial charge is 0.251 e. The number of benzene rings is 2. The topological polar surface area (TPSA) is 77.9 Å². The molecule has 0 heterocycles. The van der Waals surface area contributed by atoms with Crippen LogP contribution in [0.4, 0.5) is 20.2 Å². The molecule has 1 unspecified atom stereocenters. The Balaban J connectivity index is 2.34. The van der Waals surface area contributed by atoms with Crippen LogP contribution in [-0.2, 0) is 6.42 Å². The second kappa shape index (κ2) is 14.1. The number of carbonyl (C=O) groups excluding carboxylic acids is 1. The Morgan fingerprint density at radius 2 is 1.76 bits per heavy atom. The molecule has 0 fully saturated rings. The molecule has 3 N–H and O–H groups in total. The second-order valence-electron chi connectivity index (χ2n) is 8.66. The van der Waals surface area contributed by atoms with Crippen molar-refractivity contribution in [1.82, 2.24) is 5.32 Å². The van der Waals surface area contributed by atoms with Crippen molar-refractivity contribution >= 4 is 34.4 Å².